The van der Waals surface area contributed by atoms with E-state index < -0.39 is 5.97 Å². The standard InChI is InChI=1S/C15H15NO5/c17-15(18)13-8-14(21-16-13)10-3-5-11(6-4-10)20-12-2-1-7-19-9-12/h3-6,8,12H,1-2,7,9H2,(H,17,18). The summed E-state index contributed by atoms with van der Waals surface area (Å²) < 4.78 is 16.2. The van der Waals surface area contributed by atoms with Gasteiger partial charge in [0.05, 0.1) is 6.61 Å². The molecule has 1 unspecified atom stereocenters. The van der Waals surface area contributed by atoms with Crippen LogP contribution in [0.2, 0.25) is 0 Å². The summed E-state index contributed by atoms with van der Waals surface area (Å²) >= 11 is 0. The van der Waals surface area contributed by atoms with Gasteiger partial charge in [-0.15, -0.1) is 0 Å². The third kappa shape index (κ3) is 3.22. The predicted molar refractivity (Wildman–Crippen MR) is 73.4 cm³/mol. The fourth-order valence-electron chi connectivity index (χ4n) is 2.21. The molecule has 1 aromatic carbocycles. The highest BCUT2D eigenvalue weighted by atomic mass is 16.5. The fourth-order valence-corrected chi connectivity index (χ4v) is 2.21. The van der Waals surface area contributed by atoms with Gasteiger partial charge >= 0.3 is 5.97 Å². The minimum Gasteiger partial charge on any atom is -0.488 e. The Morgan fingerprint density at radius 1 is 1.33 bits per heavy atom. The SMILES string of the molecule is O=C(O)c1cc(-c2ccc(OC3CCCOC3)cc2)on1. The smallest absolute Gasteiger partial charge is 0.358 e. The van der Waals surface area contributed by atoms with E-state index in [0.717, 1.165) is 30.8 Å². The number of carboxylic acids is 1. The monoisotopic (exact) mass is 289 g/mol. The summed E-state index contributed by atoms with van der Waals surface area (Å²) in [6.07, 6.45) is 2.10. The van der Waals surface area contributed by atoms with Crippen molar-refractivity contribution >= 4 is 5.97 Å². The highest BCUT2D eigenvalue weighted by Gasteiger charge is 2.16. The van der Waals surface area contributed by atoms with Crippen LogP contribution in [0.1, 0.15) is 23.3 Å². The molecule has 1 N–H and O–H groups in total. The Labute approximate surface area is 121 Å². The molecule has 0 bridgehead atoms. The molecule has 2 aromatic rings. The van der Waals surface area contributed by atoms with Gasteiger partial charge in [-0.1, -0.05) is 5.16 Å². The van der Waals surface area contributed by atoms with E-state index in [4.69, 9.17) is 19.1 Å². The summed E-state index contributed by atoms with van der Waals surface area (Å²) in [5.74, 6) is 0.0643. The summed E-state index contributed by atoms with van der Waals surface area (Å²) in [6.45, 7) is 1.42. The number of nitrogens with zero attached hydrogens (tertiary/aromatic N) is 1. The van der Waals surface area contributed by atoms with E-state index in [1.165, 1.54) is 6.07 Å². The molecule has 6 heteroatoms. The molecular formula is C15H15NO5. The lowest BCUT2D eigenvalue weighted by Gasteiger charge is -2.23. The molecule has 0 saturated carbocycles. The second kappa shape index (κ2) is 5.97. The molecule has 1 aliphatic rings. The number of aromatic nitrogens is 1. The van der Waals surface area contributed by atoms with Gasteiger partial charge in [0.1, 0.15) is 11.9 Å². The van der Waals surface area contributed by atoms with Gasteiger partial charge in [-0.3, -0.25) is 0 Å². The number of ether oxygens (including phenoxy) is 2. The Morgan fingerprint density at radius 3 is 2.76 bits per heavy atom. The van der Waals surface area contributed by atoms with Crippen molar-refractivity contribution in [3.05, 3.63) is 36.0 Å². The molecule has 0 radical (unpaired) electrons. The van der Waals surface area contributed by atoms with E-state index in [-0.39, 0.29) is 11.8 Å². The van der Waals surface area contributed by atoms with Crippen LogP contribution in [0.4, 0.5) is 0 Å². The van der Waals surface area contributed by atoms with E-state index in [1.807, 2.05) is 24.3 Å². The molecular weight excluding hydrogens is 274 g/mol. The van der Waals surface area contributed by atoms with Crippen molar-refractivity contribution in [3.63, 3.8) is 0 Å². The fraction of sp³-hybridized carbons (Fsp3) is 0.333. The lowest BCUT2D eigenvalue weighted by molar-refractivity contribution is 0.00743. The first-order valence-electron chi connectivity index (χ1n) is 6.77. The van der Waals surface area contributed by atoms with Crippen LogP contribution in [-0.4, -0.2) is 35.6 Å². The summed E-state index contributed by atoms with van der Waals surface area (Å²) in [4.78, 5) is 10.8. The van der Waals surface area contributed by atoms with Crippen LogP contribution < -0.4 is 4.74 Å². The maximum absolute atomic E-state index is 10.8. The van der Waals surface area contributed by atoms with E-state index in [1.54, 1.807) is 0 Å². The molecule has 1 fully saturated rings. The third-order valence-electron chi connectivity index (χ3n) is 3.29. The lowest BCUT2D eigenvalue weighted by Crippen LogP contribution is -2.27. The first kappa shape index (κ1) is 13.6. The van der Waals surface area contributed by atoms with Gasteiger partial charge in [-0.2, -0.15) is 0 Å². The largest absolute Gasteiger partial charge is 0.488 e. The van der Waals surface area contributed by atoms with Crippen molar-refractivity contribution in [1.29, 1.82) is 0 Å². The third-order valence-corrected chi connectivity index (χ3v) is 3.29. The number of aromatic carboxylic acids is 1. The maximum atomic E-state index is 10.8. The molecule has 0 spiro atoms. The lowest BCUT2D eigenvalue weighted by atomic mass is 10.1. The molecule has 1 aromatic heterocycles. The molecule has 0 amide bonds. The van der Waals surface area contributed by atoms with Crippen LogP contribution in [0, 0.1) is 0 Å². The van der Waals surface area contributed by atoms with Gasteiger partial charge in [0, 0.05) is 18.2 Å². The number of carboxylic acid groups (broad SMARTS) is 1. The predicted octanol–water partition coefficient (Wildman–Crippen LogP) is 2.60. The van der Waals surface area contributed by atoms with Crippen LogP contribution in [-0.2, 0) is 4.74 Å². The Morgan fingerprint density at radius 2 is 2.14 bits per heavy atom. The second-order valence-corrected chi connectivity index (χ2v) is 4.86. The zero-order valence-corrected chi connectivity index (χ0v) is 11.3. The van der Waals surface area contributed by atoms with Crippen molar-refractivity contribution in [2.45, 2.75) is 18.9 Å². The second-order valence-electron chi connectivity index (χ2n) is 4.86. The molecule has 1 atom stereocenters. The topological polar surface area (TPSA) is 81.8 Å². The highest BCUT2D eigenvalue weighted by molar-refractivity contribution is 5.86. The Kier molecular flexibility index (Phi) is 3.87. The number of rotatable bonds is 4. The van der Waals surface area contributed by atoms with Crippen LogP contribution >= 0.6 is 0 Å². The molecule has 6 nitrogen and oxygen atoms in total. The van der Waals surface area contributed by atoms with E-state index in [9.17, 15) is 4.79 Å². The molecule has 21 heavy (non-hydrogen) atoms. The normalized spacial score (nSPS) is 18.4. The van der Waals surface area contributed by atoms with E-state index in [0.29, 0.717) is 12.4 Å². The van der Waals surface area contributed by atoms with Crippen molar-refractivity contribution in [2.75, 3.05) is 13.2 Å². The van der Waals surface area contributed by atoms with Crippen LogP contribution in [0.15, 0.2) is 34.9 Å². The molecule has 1 aliphatic heterocycles. The maximum Gasteiger partial charge on any atom is 0.358 e. The van der Waals surface area contributed by atoms with Crippen LogP contribution in [0.5, 0.6) is 5.75 Å². The Hall–Kier alpha value is -2.34. The molecule has 3 rings (SSSR count). The van der Waals surface area contributed by atoms with Gasteiger partial charge in [0.25, 0.3) is 0 Å². The quantitative estimate of drug-likeness (QED) is 0.931. The van der Waals surface area contributed by atoms with Gasteiger partial charge < -0.3 is 19.1 Å². The van der Waals surface area contributed by atoms with Crippen molar-refractivity contribution in [2.24, 2.45) is 0 Å². The van der Waals surface area contributed by atoms with E-state index in [2.05, 4.69) is 5.16 Å². The number of hydrogen-bond donors (Lipinski definition) is 1. The highest BCUT2D eigenvalue weighted by Crippen LogP contribution is 2.24. The Balaban J connectivity index is 1.69. The van der Waals surface area contributed by atoms with Gasteiger partial charge in [-0.05, 0) is 37.1 Å². The van der Waals surface area contributed by atoms with Crippen LogP contribution in [0.25, 0.3) is 11.3 Å². The average Bonchev–Trinajstić information content (AvgIpc) is 2.99. The first-order chi connectivity index (χ1) is 10.2. The number of benzene rings is 1. The van der Waals surface area contributed by atoms with Crippen LogP contribution in [0.3, 0.4) is 0 Å². The van der Waals surface area contributed by atoms with Crippen molar-refractivity contribution in [1.82, 2.24) is 5.16 Å². The van der Waals surface area contributed by atoms with Gasteiger partial charge in [0.15, 0.2) is 11.5 Å². The first-order valence-corrected chi connectivity index (χ1v) is 6.77. The number of hydrogen-bond acceptors (Lipinski definition) is 5. The summed E-state index contributed by atoms with van der Waals surface area (Å²) in [7, 11) is 0. The molecule has 1 saturated heterocycles. The van der Waals surface area contributed by atoms with Crippen molar-refractivity contribution in [3.8, 4) is 17.1 Å². The minimum absolute atomic E-state index is 0.0912. The molecule has 2 heterocycles. The average molecular weight is 289 g/mol. The summed E-state index contributed by atoms with van der Waals surface area (Å²) in [5.41, 5.74) is 0.645. The molecule has 110 valence electrons. The zero-order chi connectivity index (χ0) is 14.7. The Bertz CT molecular complexity index is 613. The molecule has 0 aliphatic carbocycles. The van der Waals surface area contributed by atoms with Crippen molar-refractivity contribution < 1.29 is 23.9 Å². The van der Waals surface area contributed by atoms with E-state index >= 15 is 0 Å². The summed E-state index contributed by atoms with van der Waals surface area (Å²) in [5, 5.41) is 12.3. The van der Waals surface area contributed by atoms with Gasteiger partial charge in [-0.25, -0.2) is 4.79 Å². The number of carbonyl (C=O) groups is 1. The van der Waals surface area contributed by atoms with Gasteiger partial charge in [0.2, 0.25) is 0 Å². The minimum atomic E-state index is -1.11. The summed E-state index contributed by atoms with van der Waals surface area (Å²) in [6, 6.07) is 8.67. The zero-order valence-electron chi connectivity index (χ0n) is 11.3.